The third-order valence-corrected chi connectivity index (χ3v) is 3.67. The number of aromatic carboxylic acids is 1. The lowest BCUT2D eigenvalue weighted by atomic mass is 9.93. The minimum atomic E-state index is -1.01. The smallest absolute Gasteiger partial charge is 0.354 e. The first kappa shape index (κ1) is 12.7. The van der Waals surface area contributed by atoms with Gasteiger partial charge in [-0.1, -0.05) is 6.07 Å². The summed E-state index contributed by atoms with van der Waals surface area (Å²) >= 11 is 0. The lowest BCUT2D eigenvalue weighted by Gasteiger charge is -2.24. The maximum Gasteiger partial charge on any atom is 0.354 e. The molecule has 0 spiro atoms. The fourth-order valence-corrected chi connectivity index (χ4v) is 2.67. The zero-order valence-electron chi connectivity index (χ0n) is 11.2. The largest absolute Gasteiger partial charge is 0.477 e. The molecule has 0 saturated heterocycles. The van der Waals surface area contributed by atoms with Gasteiger partial charge in [-0.15, -0.1) is 0 Å². The van der Waals surface area contributed by atoms with E-state index in [-0.39, 0.29) is 11.7 Å². The predicted octanol–water partition coefficient (Wildman–Crippen LogP) is 2.00. The Labute approximate surface area is 116 Å². The minimum Gasteiger partial charge on any atom is -0.477 e. The highest BCUT2D eigenvalue weighted by atomic mass is 16.4. The van der Waals surface area contributed by atoms with Gasteiger partial charge in [0.1, 0.15) is 5.82 Å². The number of hydrogen-bond donors (Lipinski definition) is 2. The molecule has 3 rings (SSSR count). The first-order valence-electron chi connectivity index (χ1n) is 6.63. The topological polar surface area (TPSA) is 80.0 Å². The molecule has 1 unspecified atom stereocenters. The Balaban J connectivity index is 1.85. The maximum atomic E-state index is 10.9. The number of rotatable bonds is 3. The molecule has 2 N–H and O–H groups in total. The summed E-state index contributed by atoms with van der Waals surface area (Å²) in [6.07, 6.45) is 5.00. The van der Waals surface area contributed by atoms with Gasteiger partial charge < -0.3 is 10.4 Å². The van der Waals surface area contributed by atoms with Crippen molar-refractivity contribution >= 4 is 11.8 Å². The van der Waals surface area contributed by atoms with E-state index in [0.29, 0.717) is 5.82 Å². The SMILES string of the molecule is Cn1ncc2c1CCCC2Nc1cccc(C(=O)O)n1. The van der Waals surface area contributed by atoms with Gasteiger partial charge in [0, 0.05) is 18.3 Å². The van der Waals surface area contributed by atoms with Crippen LogP contribution in [0.15, 0.2) is 24.4 Å². The molecule has 1 aliphatic rings. The summed E-state index contributed by atoms with van der Waals surface area (Å²) in [5.74, 6) is -0.425. The highest BCUT2D eigenvalue weighted by Gasteiger charge is 2.23. The molecular weight excluding hydrogens is 256 g/mol. The third kappa shape index (κ3) is 2.24. The molecule has 104 valence electrons. The van der Waals surface area contributed by atoms with E-state index in [0.717, 1.165) is 19.3 Å². The Morgan fingerprint density at radius 2 is 2.35 bits per heavy atom. The number of hydrogen-bond acceptors (Lipinski definition) is 4. The molecule has 0 aromatic carbocycles. The molecular formula is C14H16N4O2. The van der Waals surface area contributed by atoms with E-state index in [1.165, 1.54) is 17.3 Å². The number of aryl methyl sites for hydroxylation is 1. The van der Waals surface area contributed by atoms with Crippen LogP contribution in [0, 0.1) is 0 Å². The first-order valence-corrected chi connectivity index (χ1v) is 6.63. The van der Waals surface area contributed by atoms with Crippen molar-refractivity contribution in [3.63, 3.8) is 0 Å². The Bertz CT molecular complexity index is 650. The van der Waals surface area contributed by atoms with Crippen molar-refractivity contribution in [2.45, 2.75) is 25.3 Å². The van der Waals surface area contributed by atoms with E-state index < -0.39 is 5.97 Å². The highest BCUT2D eigenvalue weighted by molar-refractivity contribution is 5.85. The van der Waals surface area contributed by atoms with Crippen molar-refractivity contribution in [1.29, 1.82) is 0 Å². The number of aromatic nitrogens is 3. The molecule has 0 bridgehead atoms. The Morgan fingerprint density at radius 3 is 3.15 bits per heavy atom. The third-order valence-electron chi connectivity index (χ3n) is 3.67. The second-order valence-electron chi connectivity index (χ2n) is 4.97. The van der Waals surface area contributed by atoms with Crippen LogP contribution in [0.5, 0.6) is 0 Å². The Kier molecular flexibility index (Phi) is 3.14. The van der Waals surface area contributed by atoms with Crippen LogP contribution in [0.4, 0.5) is 5.82 Å². The van der Waals surface area contributed by atoms with Gasteiger partial charge in [-0.2, -0.15) is 5.10 Å². The number of carbonyl (C=O) groups is 1. The molecule has 6 heteroatoms. The summed E-state index contributed by atoms with van der Waals surface area (Å²) in [7, 11) is 1.95. The predicted molar refractivity (Wildman–Crippen MR) is 73.7 cm³/mol. The lowest BCUT2D eigenvalue weighted by molar-refractivity contribution is 0.0690. The molecule has 1 atom stereocenters. The molecule has 0 aliphatic heterocycles. The summed E-state index contributed by atoms with van der Waals surface area (Å²) in [6, 6.07) is 5.12. The van der Waals surface area contributed by atoms with Crippen LogP contribution >= 0.6 is 0 Å². The number of nitrogens with zero attached hydrogens (tertiary/aromatic N) is 3. The average Bonchev–Trinajstić information content (AvgIpc) is 2.82. The molecule has 20 heavy (non-hydrogen) atoms. The minimum absolute atomic E-state index is 0.0530. The molecule has 6 nitrogen and oxygen atoms in total. The summed E-state index contributed by atoms with van der Waals surface area (Å²) in [5.41, 5.74) is 2.47. The van der Waals surface area contributed by atoms with Crippen molar-refractivity contribution in [3.8, 4) is 0 Å². The number of fused-ring (bicyclic) bond motifs is 1. The van der Waals surface area contributed by atoms with Gasteiger partial charge in [-0.3, -0.25) is 4.68 Å². The molecule has 2 aromatic rings. The number of pyridine rings is 1. The van der Waals surface area contributed by atoms with E-state index in [1.54, 1.807) is 12.1 Å². The molecule has 0 radical (unpaired) electrons. The van der Waals surface area contributed by atoms with E-state index >= 15 is 0 Å². The Morgan fingerprint density at radius 1 is 1.50 bits per heavy atom. The van der Waals surface area contributed by atoms with Crippen LogP contribution in [0.3, 0.4) is 0 Å². The quantitative estimate of drug-likeness (QED) is 0.893. The zero-order chi connectivity index (χ0) is 14.1. The van der Waals surface area contributed by atoms with Crippen LogP contribution in [0.1, 0.15) is 40.6 Å². The maximum absolute atomic E-state index is 10.9. The van der Waals surface area contributed by atoms with Crippen molar-refractivity contribution in [3.05, 3.63) is 41.3 Å². The van der Waals surface area contributed by atoms with Gasteiger partial charge in [0.05, 0.1) is 12.2 Å². The standard InChI is InChI=1S/C14H16N4O2/c1-18-12-6-2-4-10(9(12)8-15-18)16-13-7-3-5-11(17-13)14(19)20/h3,5,7-8,10H,2,4,6H2,1H3,(H,16,17)(H,19,20). The van der Waals surface area contributed by atoms with Gasteiger partial charge in [-0.05, 0) is 31.4 Å². The van der Waals surface area contributed by atoms with Gasteiger partial charge >= 0.3 is 5.97 Å². The fraction of sp³-hybridized carbons (Fsp3) is 0.357. The summed E-state index contributed by atoms with van der Waals surface area (Å²) < 4.78 is 1.91. The normalized spacial score (nSPS) is 17.6. The zero-order valence-corrected chi connectivity index (χ0v) is 11.2. The fourth-order valence-electron chi connectivity index (χ4n) is 2.67. The Hall–Kier alpha value is -2.37. The van der Waals surface area contributed by atoms with Crippen LogP contribution in [-0.4, -0.2) is 25.8 Å². The lowest BCUT2D eigenvalue weighted by Crippen LogP contribution is -2.18. The van der Waals surface area contributed by atoms with E-state index in [1.807, 2.05) is 17.9 Å². The number of anilines is 1. The van der Waals surface area contributed by atoms with E-state index in [2.05, 4.69) is 15.4 Å². The molecule has 0 saturated carbocycles. The second kappa shape index (κ2) is 4.96. The van der Waals surface area contributed by atoms with E-state index in [4.69, 9.17) is 5.11 Å². The summed E-state index contributed by atoms with van der Waals surface area (Å²) in [4.78, 5) is 15.1. The number of nitrogens with one attached hydrogen (secondary N) is 1. The van der Waals surface area contributed by atoms with Gasteiger partial charge in [0.2, 0.25) is 0 Å². The average molecular weight is 272 g/mol. The van der Waals surface area contributed by atoms with Crippen LogP contribution in [-0.2, 0) is 13.5 Å². The van der Waals surface area contributed by atoms with Crippen LogP contribution in [0.25, 0.3) is 0 Å². The molecule has 0 fully saturated rings. The van der Waals surface area contributed by atoms with Gasteiger partial charge in [0.25, 0.3) is 0 Å². The van der Waals surface area contributed by atoms with Crippen molar-refractivity contribution in [2.75, 3.05) is 5.32 Å². The van der Waals surface area contributed by atoms with Gasteiger partial charge in [0.15, 0.2) is 5.69 Å². The van der Waals surface area contributed by atoms with Crippen molar-refractivity contribution in [2.24, 2.45) is 7.05 Å². The van der Waals surface area contributed by atoms with Crippen LogP contribution < -0.4 is 5.32 Å². The van der Waals surface area contributed by atoms with Crippen molar-refractivity contribution < 1.29 is 9.90 Å². The monoisotopic (exact) mass is 272 g/mol. The molecule has 2 aromatic heterocycles. The number of carboxylic acid groups (broad SMARTS) is 1. The second-order valence-corrected chi connectivity index (χ2v) is 4.97. The molecule has 2 heterocycles. The molecule has 1 aliphatic carbocycles. The van der Waals surface area contributed by atoms with Gasteiger partial charge in [-0.25, -0.2) is 9.78 Å². The first-order chi connectivity index (χ1) is 9.65. The van der Waals surface area contributed by atoms with Crippen molar-refractivity contribution in [1.82, 2.24) is 14.8 Å². The summed E-state index contributed by atoms with van der Waals surface area (Å²) in [5, 5.41) is 16.6. The summed E-state index contributed by atoms with van der Waals surface area (Å²) in [6.45, 7) is 0. The number of carboxylic acids is 1. The highest BCUT2D eigenvalue weighted by Crippen LogP contribution is 2.31. The van der Waals surface area contributed by atoms with E-state index in [9.17, 15) is 4.79 Å². The molecule has 0 amide bonds. The van der Waals surface area contributed by atoms with Crippen LogP contribution in [0.2, 0.25) is 0 Å².